The van der Waals surface area contributed by atoms with Crippen molar-refractivity contribution in [2.24, 2.45) is 5.73 Å². The Bertz CT molecular complexity index is 216. The first-order chi connectivity index (χ1) is 6.06. The molecule has 1 rings (SSSR count). The van der Waals surface area contributed by atoms with E-state index < -0.39 is 0 Å². The van der Waals surface area contributed by atoms with Crippen LogP contribution in [0.25, 0.3) is 0 Å². The molecule has 0 aromatic rings. The predicted octanol–water partition coefficient (Wildman–Crippen LogP) is 2.18. The van der Waals surface area contributed by atoms with Gasteiger partial charge in [-0.1, -0.05) is 19.1 Å². The van der Waals surface area contributed by atoms with E-state index in [9.17, 15) is 4.79 Å². The average Bonchev–Trinajstić information content (AvgIpc) is 2.01. The van der Waals surface area contributed by atoms with E-state index in [4.69, 9.17) is 5.73 Å². The minimum Gasteiger partial charge on any atom is -0.325 e. The van der Waals surface area contributed by atoms with E-state index in [1.54, 1.807) is 0 Å². The summed E-state index contributed by atoms with van der Waals surface area (Å²) < 4.78 is 0. The molecule has 1 saturated carbocycles. The maximum absolute atomic E-state index is 11.5. The Hall–Kier alpha value is -0.630. The van der Waals surface area contributed by atoms with Crippen LogP contribution in [0, 0.1) is 0 Å². The number of ketones is 1. The second-order valence-electron chi connectivity index (χ2n) is 4.21. The summed E-state index contributed by atoms with van der Waals surface area (Å²) in [5, 5.41) is 0. The van der Waals surface area contributed by atoms with Crippen LogP contribution in [0.15, 0.2) is 12.2 Å². The number of carbonyl (C=O) groups is 1. The van der Waals surface area contributed by atoms with Crippen molar-refractivity contribution in [3.63, 3.8) is 0 Å². The first-order valence-corrected chi connectivity index (χ1v) is 5.03. The fraction of sp³-hybridized carbons (Fsp3) is 0.727. The molecule has 0 aromatic carbocycles. The second-order valence-corrected chi connectivity index (χ2v) is 4.21. The van der Waals surface area contributed by atoms with Gasteiger partial charge in [-0.3, -0.25) is 4.79 Å². The van der Waals surface area contributed by atoms with Crippen LogP contribution in [-0.2, 0) is 4.79 Å². The van der Waals surface area contributed by atoms with Crippen molar-refractivity contribution in [2.75, 3.05) is 0 Å². The fourth-order valence-corrected chi connectivity index (χ4v) is 1.67. The highest BCUT2D eigenvalue weighted by Crippen LogP contribution is 2.32. The Balaban J connectivity index is 2.28. The quantitative estimate of drug-likeness (QED) is 0.661. The first-order valence-electron chi connectivity index (χ1n) is 5.03. The molecule has 2 heteroatoms. The van der Waals surface area contributed by atoms with Gasteiger partial charge in [-0.25, -0.2) is 0 Å². The molecule has 0 aromatic heterocycles. The molecular weight excluding hydrogens is 162 g/mol. The number of rotatable bonds is 5. The molecule has 2 N–H and O–H groups in total. The summed E-state index contributed by atoms with van der Waals surface area (Å²) in [7, 11) is 0. The van der Waals surface area contributed by atoms with Crippen molar-refractivity contribution in [3.8, 4) is 0 Å². The van der Waals surface area contributed by atoms with Gasteiger partial charge in [0.05, 0.1) is 0 Å². The van der Waals surface area contributed by atoms with Crippen LogP contribution < -0.4 is 5.73 Å². The Morgan fingerprint density at radius 3 is 2.54 bits per heavy atom. The van der Waals surface area contributed by atoms with Gasteiger partial charge in [0.15, 0.2) is 0 Å². The van der Waals surface area contributed by atoms with E-state index >= 15 is 0 Å². The van der Waals surface area contributed by atoms with Gasteiger partial charge in [0.2, 0.25) is 0 Å². The molecule has 0 saturated heterocycles. The fourth-order valence-electron chi connectivity index (χ4n) is 1.67. The molecule has 1 aliphatic rings. The molecule has 0 heterocycles. The largest absolute Gasteiger partial charge is 0.325 e. The standard InChI is InChI=1S/C11H19NO/c1-3-9(2)7-10(13)8-11(12)5-4-6-11/h2-8,12H2,1H3. The maximum Gasteiger partial charge on any atom is 0.138 e. The van der Waals surface area contributed by atoms with Crippen molar-refractivity contribution >= 4 is 5.78 Å². The summed E-state index contributed by atoms with van der Waals surface area (Å²) in [5.41, 5.74) is 6.83. The number of nitrogens with two attached hydrogens (primary N) is 1. The molecule has 0 spiro atoms. The first kappa shape index (κ1) is 10.5. The lowest BCUT2D eigenvalue weighted by molar-refractivity contribution is -0.120. The number of Topliss-reactive ketones (excluding diaryl/α,β-unsaturated/α-hetero) is 1. The Labute approximate surface area is 80.2 Å². The lowest BCUT2D eigenvalue weighted by Crippen LogP contribution is -2.48. The summed E-state index contributed by atoms with van der Waals surface area (Å²) in [6, 6.07) is 0. The van der Waals surface area contributed by atoms with Gasteiger partial charge in [-0.05, 0) is 25.7 Å². The maximum atomic E-state index is 11.5. The van der Waals surface area contributed by atoms with Gasteiger partial charge in [-0.15, -0.1) is 0 Å². The van der Waals surface area contributed by atoms with Gasteiger partial charge in [0.25, 0.3) is 0 Å². The Morgan fingerprint density at radius 2 is 2.15 bits per heavy atom. The summed E-state index contributed by atoms with van der Waals surface area (Å²) in [6.45, 7) is 5.85. The van der Waals surface area contributed by atoms with E-state index in [1.807, 2.05) is 6.92 Å². The molecule has 0 bridgehead atoms. The van der Waals surface area contributed by atoms with Gasteiger partial charge in [0.1, 0.15) is 5.78 Å². The van der Waals surface area contributed by atoms with Crippen molar-refractivity contribution in [1.82, 2.24) is 0 Å². The van der Waals surface area contributed by atoms with Crippen LogP contribution in [0.5, 0.6) is 0 Å². The summed E-state index contributed by atoms with van der Waals surface area (Å²) in [4.78, 5) is 11.5. The van der Waals surface area contributed by atoms with Crippen LogP contribution in [0.3, 0.4) is 0 Å². The number of hydrogen-bond acceptors (Lipinski definition) is 2. The molecule has 2 nitrogen and oxygen atoms in total. The lowest BCUT2D eigenvalue weighted by atomic mass is 9.74. The summed E-state index contributed by atoms with van der Waals surface area (Å²) >= 11 is 0. The molecule has 1 aliphatic carbocycles. The third-order valence-electron chi connectivity index (χ3n) is 2.85. The molecule has 1 fully saturated rings. The van der Waals surface area contributed by atoms with Gasteiger partial charge >= 0.3 is 0 Å². The SMILES string of the molecule is C=C(CC)CC(=O)CC1(N)CCC1. The number of carbonyl (C=O) groups excluding carboxylic acids is 1. The molecule has 0 unspecified atom stereocenters. The summed E-state index contributed by atoms with van der Waals surface area (Å²) in [6.07, 6.45) is 5.16. The molecule has 13 heavy (non-hydrogen) atoms. The van der Waals surface area contributed by atoms with Crippen LogP contribution in [0.1, 0.15) is 45.4 Å². The van der Waals surface area contributed by atoms with E-state index in [0.29, 0.717) is 12.8 Å². The van der Waals surface area contributed by atoms with E-state index in [-0.39, 0.29) is 11.3 Å². The molecule has 0 atom stereocenters. The van der Waals surface area contributed by atoms with E-state index in [0.717, 1.165) is 24.8 Å². The molecule has 0 amide bonds. The number of hydrogen-bond donors (Lipinski definition) is 1. The van der Waals surface area contributed by atoms with Crippen molar-refractivity contribution in [2.45, 2.75) is 51.0 Å². The number of allylic oxidation sites excluding steroid dienone is 1. The zero-order valence-corrected chi connectivity index (χ0v) is 8.44. The minimum absolute atomic E-state index is 0.162. The molecule has 0 aliphatic heterocycles. The minimum atomic E-state index is -0.162. The van der Waals surface area contributed by atoms with Crippen molar-refractivity contribution in [1.29, 1.82) is 0 Å². The Kier molecular flexibility index (Phi) is 3.26. The van der Waals surface area contributed by atoms with Gasteiger partial charge in [0, 0.05) is 18.4 Å². The zero-order valence-electron chi connectivity index (χ0n) is 8.44. The molecule has 74 valence electrons. The highest BCUT2D eigenvalue weighted by Gasteiger charge is 2.34. The highest BCUT2D eigenvalue weighted by molar-refractivity contribution is 5.81. The smallest absolute Gasteiger partial charge is 0.138 e. The lowest BCUT2D eigenvalue weighted by Gasteiger charge is -2.37. The van der Waals surface area contributed by atoms with Gasteiger partial charge < -0.3 is 5.73 Å². The molecule has 0 radical (unpaired) electrons. The van der Waals surface area contributed by atoms with Crippen LogP contribution in [0.4, 0.5) is 0 Å². The van der Waals surface area contributed by atoms with Crippen molar-refractivity contribution < 1.29 is 4.79 Å². The third kappa shape index (κ3) is 2.96. The van der Waals surface area contributed by atoms with Crippen LogP contribution in [-0.4, -0.2) is 11.3 Å². The topological polar surface area (TPSA) is 43.1 Å². The normalized spacial score (nSPS) is 19.2. The van der Waals surface area contributed by atoms with Crippen molar-refractivity contribution in [3.05, 3.63) is 12.2 Å². The Morgan fingerprint density at radius 1 is 1.54 bits per heavy atom. The predicted molar refractivity (Wildman–Crippen MR) is 54.4 cm³/mol. The van der Waals surface area contributed by atoms with E-state index in [2.05, 4.69) is 6.58 Å². The van der Waals surface area contributed by atoms with E-state index in [1.165, 1.54) is 6.42 Å². The molecular formula is C11H19NO. The zero-order chi connectivity index (χ0) is 9.90. The van der Waals surface area contributed by atoms with Crippen LogP contribution >= 0.6 is 0 Å². The van der Waals surface area contributed by atoms with Crippen LogP contribution in [0.2, 0.25) is 0 Å². The van der Waals surface area contributed by atoms with Gasteiger partial charge in [-0.2, -0.15) is 0 Å². The second kappa shape index (κ2) is 4.05. The highest BCUT2D eigenvalue weighted by atomic mass is 16.1. The average molecular weight is 181 g/mol. The third-order valence-corrected chi connectivity index (χ3v) is 2.85. The monoisotopic (exact) mass is 181 g/mol. The summed E-state index contributed by atoms with van der Waals surface area (Å²) in [5.74, 6) is 0.258.